The number of amides is 1. The van der Waals surface area contributed by atoms with Crippen molar-refractivity contribution in [1.29, 1.82) is 0 Å². The fourth-order valence-corrected chi connectivity index (χ4v) is 4.97. The number of fused-ring (bicyclic) bond motifs is 1. The van der Waals surface area contributed by atoms with Crippen LogP contribution in [0.15, 0.2) is 60.7 Å². The molecule has 0 aliphatic rings. The van der Waals surface area contributed by atoms with E-state index in [4.69, 9.17) is 45.1 Å². The van der Waals surface area contributed by atoms with Crippen molar-refractivity contribution >= 4 is 73.7 Å². The number of benzene rings is 3. The number of hydrogen-bond donors (Lipinski definition) is 2. The maximum absolute atomic E-state index is 12.2. The minimum Gasteiger partial charge on any atom is -0.492 e. The minimum atomic E-state index is -0.190. The van der Waals surface area contributed by atoms with Gasteiger partial charge in [0.1, 0.15) is 10.8 Å². The lowest BCUT2D eigenvalue weighted by Gasteiger charge is -2.11. The summed E-state index contributed by atoms with van der Waals surface area (Å²) in [5.41, 5.74) is 4.03. The predicted octanol–water partition coefficient (Wildman–Crippen LogP) is 7.25. The van der Waals surface area contributed by atoms with Crippen LogP contribution in [0.3, 0.4) is 0 Å². The Hall–Kier alpha value is -2.71. The number of thiocarbonyl (C=S) groups is 1. The van der Waals surface area contributed by atoms with Crippen molar-refractivity contribution in [2.75, 3.05) is 11.9 Å². The number of nitrogens with zero attached hydrogens (tertiary/aromatic N) is 1. The Balaban J connectivity index is 1.23. The molecule has 0 aliphatic carbocycles. The summed E-state index contributed by atoms with van der Waals surface area (Å²) in [6.07, 6.45) is 0.785. The number of aromatic nitrogens is 1. The maximum Gasteiger partial charge on any atom is 0.226 e. The van der Waals surface area contributed by atoms with E-state index in [0.717, 1.165) is 21.8 Å². The fraction of sp³-hybridized carbons (Fsp3) is 0.160. The number of ether oxygens (including phenoxy) is 1. The van der Waals surface area contributed by atoms with Gasteiger partial charge in [0.25, 0.3) is 0 Å². The molecule has 0 unspecified atom stereocenters. The fourth-order valence-electron chi connectivity index (χ4n) is 3.21. The molecule has 9 heteroatoms. The van der Waals surface area contributed by atoms with Gasteiger partial charge < -0.3 is 15.4 Å². The Labute approximate surface area is 217 Å². The number of carbonyl (C=O) groups excluding carboxylic acids is 1. The van der Waals surface area contributed by atoms with Crippen LogP contribution < -0.4 is 15.4 Å². The standard InChI is InChI=1S/C25H21Cl2N3O2S2/c1-15-4-10-20-22(13-15)34-24(29-20)16-5-8-18(9-6-16)28-25(33)30-23(31)3-2-12-32-21-11-7-17(26)14-19(21)27/h4-11,13-14H,2-3,12H2,1H3,(H2,28,30,31,33). The highest BCUT2D eigenvalue weighted by Gasteiger charge is 2.09. The van der Waals surface area contributed by atoms with Gasteiger partial charge in [-0.15, -0.1) is 11.3 Å². The number of thiazole rings is 1. The molecular weight excluding hydrogens is 509 g/mol. The van der Waals surface area contributed by atoms with E-state index >= 15 is 0 Å². The summed E-state index contributed by atoms with van der Waals surface area (Å²) in [5.74, 6) is 0.345. The molecule has 0 saturated heterocycles. The summed E-state index contributed by atoms with van der Waals surface area (Å²) in [4.78, 5) is 16.9. The summed E-state index contributed by atoms with van der Waals surface area (Å²) in [5, 5.41) is 7.91. The molecule has 0 aliphatic heterocycles. The Kier molecular flexibility index (Phi) is 8.00. The summed E-state index contributed by atoms with van der Waals surface area (Å²) in [7, 11) is 0. The van der Waals surface area contributed by atoms with Crippen LogP contribution in [0.5, 0.6) is 5.75 Å². The predicted molar refractivity (Wildman–Crippen MR) is 145 cm³/mol. The molecule has 3 aromatic carbocycles. The molecular formula is C25H21Cl2N3O2S2. The molecule has 0 fully saturated rings. The molecule has 1 amide bonds. The van der Waals surface area contributed by atoms with Gasteiger partial charge in [0, 0.05) is 22.7 Å². The molecule has 0 radical (unpaired) electrons. The second-order valence-corrected chi connectivity index (χ2v) is 9.88. The summed E-state index contributed by atoms with van der Waals surface area (Å²) in [6.45, 7) is 2.42. The van der Waals surface area contributed by atoms with E-state index in [0.29, 0.717) is 28.8 Å². The van der Waals surface area contributed by atoms with Gasteiger partial charge in [-0.1, -0.05) is 29.3 Å². The summed E-state index contributed by atoms with van der Waals surface area (Å²) in [6, 6.07) is 19.1. The van der Waals surface area contributed by atoms with Crippen LogP contribution in [-0.4, -0.2) is 22.6 Å². The van der Waals surface area contributed by atoms with Crippen LogP contribution >= 0.6 is 46.8 Å². The van der Waals surface area contributed by atoms with E-state index in [1.807, 2.05) is 30.3 Å². The maximum atomic E-state index is 12.2. The van der Waals surface area contributed by atoms with Gasteiger partial charge in [-0.05, 0) is 85.7 Å². The number of aryl methyl sites for hydroxylation is 1. The minimum absolute atomic E-state index is 0.190. The van der Waals surface area contributed by atoms with E-state index < -0.39 is 0 Å². The number of halogens is 2. The number of hydrogen-bond acceptors (Lipinski definition) is 5. The van der Waals surface area contributed by atoms with Crippen LogP contribution in [0.2, 0.25) is 10.0 Å². The first-order chi connectivity index (χ1) is 16.4. The zero-order chi connectivity index (χ0) is 24.1. The van der Waals surface area contributed by atoms with Gasteiger partial charge >= 0.3 is 0 Å². The number of carbonyl (C=O) groups is 1. The zero-order valence-corrected chi connectivity index (χ0v) is 21.4. The first-order valence-electron chi connectivity index (χ1n) is 10.5. The molecule has 174 valence electrons. The molecule has 1 heterocycles. The van der Waals surface area contributed by atoms with Crippen LogP contribution in [0.4, 0.5) is 5.69 Å². The largest absolute Gasteiger partial charge is 0.492 e. The Morgan fingerprint density at radius 3 is 2.65 bits per heavy atom. The molecule has 4 rings (SSSR count). The molecule has 4 aromatic rings. The third-order valence-electron chi connectivity index (χ3n) is 4.89. The van der Waals surface area contributed by atoms with Crippen molar-refractivity contribution in [1.82, 2.24) is 10.3 Å². The lowest BCUT2D eigenvalue weighted by molar-refractivity contribution is -0.119. The molecule has 0 saturated carbocycles. The van der Waals surface area contributed by atoms with E-state index in [1.54, 1.807) is 29.5 Å². The second-order valence-electron chi connectivity index (χ2n) is 7.60. The molecule has 0 bridgehead atoms. The zero-order valence-electron chi connectivity index (χ0n) is 18.2. The topological polar surface area (TPSA) is 63.2 Å². The Bertz CT molecular complexity index is 1340. The average molecular weight is 531 g/mol. The van der Waals surface area contributed by atoms with Crippen LogP contribution in [0.1, 0.15) is 18.4 Å². The highest BCUT2D eigenvalue weighted by molar-refractivity contribution is 7.80. The smallest absolute Gasteiger partial charge is 0.226 e. The van der Waals surface area contributed by atoms with Crippen molar-refractivity contribution in [3.05, 3.63) is 76.3 Å². The number of anilines is 1. The van der Waals surface area contributed by atoms with E-state index in [9.17, 15) is 4.79 Å². The number of nitrogens with one attached hydrogen (secondary N) is 2. The van der Waals surface area contributed by atoms with Gasteiger partial charge in [-0.3, -0.25) is 4.79 Å². The first kappa shape index (κ1) is 24.4. The van der Waals surface area contributed by atoms with Crippen LogP contribution in [-0.2, 0) is 4.79 Å². The van der Waals surface area contributed by atoms with Gasteiger partial charge in [-0.25, -0.2) is 4.98 Å². The lowest BCUT2D eigenvalue weighted by atomic mass is 10.2. The quantitative estimate of drug-likeness (QED) is 0.195. The van der Waals surface area contributed by atoms with Crippen molar-refractivity contribution in [3.8, 4) is 16.3 Å². The first-order valence-corrected chi connectivity index (χ1v) is 12.5. The normalized spacial score (nSPS) is 10.8. The Morgan fingerprint density at radius 2 is 1.88 bits per heavy atom. The van der Waals surface area contributed by atoms with E-state index in [-0.39, 0.29) is 17.4 Å². The Morgan fingerprint density at radius 1 is 1.09 bits per heavy atom. The third-order valence-corrected chi connectivity index (χ3v) is 6.69. The molecule has 1 aromatic heterocycles. The van der Waals surface area contributed by atoms with Crippen LogP contribution in [0.25, 0.3) is 20.8 Å². The van der Waals surface area contributed by atoms with E-state index in [2.05, 4.69) is 29.7 Å². The van der Waals surface area contributed by atoms with Crippen LogP contribution in [0, 0.1) is 6.92 Å². The summed E-state index contributed by atoms with van der Waals surface area (Å²) < 4.78 is 6.76. The summed E-state index contributed by atoms with van der Waals surface area (Å²) >= 11 is 18.9. The molecule has 34 heavy (non-hydrogen) atoms. The lowest BCUT2D eigenvalue weighted by Crippen LogP contribution is -2.34. The van der Waals surface area contributed by atoms with E-state index in [1.165, 1.54) is 10.3 Å². The molecule has 0 atom stereocenters. The highest BCUT2D eigenvalue weighted by Crippen LogP contribution is 2.31. The third kappa shape index (κ3) is 6.45. The van der Waals surface area contributed by atoms with Gasteiger partial charge in [0.05, 0.1) is 21.8 Å². The second kappa shape index (κ2) is 11.1. The molecule has 5 nitrogen and oxygen atoms in total. The highest BCUT2D eigenvalue weighted by atomic mass is 35.5. The van der Waals surface area contributed by atoms with Crippen molar-refractivity contribution in [2.24, 2.45) is 0 Å². The van der Waals surface area contributed by atoms with Gasteiger partial charge in [-0.2, -0.15) is 0 Å². The van der Waals surface area contributed by atoms with Crippen molar-refractivity contribution in [2.45, 2.75) is 19.8 Å². The molecule has 0 spiro atoms. The van der Waals surface area contributed by atoms with Crippen molar-refractivity contribution in [3.63, 3.8) is 0 Å². The van der Waals surface area contributed by atoms with Gasteiger partial charge in [0.2, 0.25) is 5.91 Å². The van der Waals surface area contributed by atoms with Gasteiger partial charge in [0.15, 0.2) is 5.11 Å². The number of rotatable bonds is 7. The van der Waals surface area contributed by atoms with Crippen molar-refractivity contribution < 1.29 is 9.53 Å². The monoisotopic (exact) mass is 529 g/mol. The average Bonchev–Trinajstić information content (AvgIpc) is 3.21. The SMILES string of the molecule is Cc1ccc2nc(-c3ccc(NC(=S)NC(=O)CCCOc4ccc(Cl)cc4Cl)cc3)sc2c1. The molecule has 2 N–H and O–H groups in total.